The van der Waals surface area contributed by atoms with Gasteiger partial charge in [-0.05, 0) is 25.1 Å². The first-order chi connectivity index (χ1) is 7.61. The normalized spacial score (nSPS) is 20.4. The van der Waals surface area contributed by atoms with E-state index >= 15 is 0 Å². The van der Waals surface area contributed by atoms with E-state index in [1.54, 1.807) is 6.92 Å². The van der Waals surface area contributed by atoms with Gasteiger partial charge >= 0.3 is 0 Å². The first kappa shape index (κ1) is 11.0. The van der Waals surface area contributed by atoms with Crippen molar-refractivity contribution in [2.24, 2.45) is 0 Å². The Bertz CT molecular complexity index is 422. The maximum atomic E-state index is 13.1. The van der Waals surface area contributed by atoms with Crippen LogP contribution in [0.2, 0.25) is 0 Å². The molecule has 1 amide bonds. The van der Waals surface area contributed by atoms with Gasteiger partial charge in [0.05, 0.1) is 6.61 Å². The number of nitrogens with one attached hydrogen (secondary N) is 2. The summed E-state index contributed by atoms with van der Waals surface area (Å²) in [4.78, 5) is 11.6. The molecule has 0 radical (unpaired) electrons. The Hall–Kier alpha value is -1.46. The Morgan fingerprint density at radius 3 is 3.06 bits per heavy atom. The molecule has 1 aromatic carbocycles. The zero-order chi connectivity index (χ0) is 11.7. The number of amides is 1. The standard InChI is InChI=1S/C11H13FN2O2/c1-6(5-15)13-10-8-4-7(12)2-3-9(8)14-11(10)16/h2-4,6,10,13,15H,5H2,1H3,(H,14,16). The van der Waals surface area contributed by atoms with E-state index in [0.717, 1.165) is 0 Å². The van der Waals surface area contributed by atoms with E-state index in [2.05, 4.69) is 10.6 Å². The quantitative estimate of drug-likeness (QED) is 0.711. The minimum atomic E-state index is -0.590. The Morgan fingerprint density at radius 2 is 2.38 bits per heavy atom. The second-order valence-corrected chi connectivity index (χ2v) is 3.90. The van der Waals surface area contributed by atoms with Crippen molar-refractivity contribution in [2.45, 2.75) is 19.0 Å². The molecule has 1 heterocycles. The average Bonchev–Trinajstić information content (AvgIpc) is 2.55. The molecule has 0 saturated heterocycles. The van der Waals surface area contributed by atoms with Crippen molar-refractivity contribution < 1.29 is 14.3 Å². The zero-order valence-electron chi connectivity index (χ0n) is 8.83. The van der Waals surface area contributed by atoms with Gasteiger partial charge in [-0.15, -0.1) is 0 Å². The lowest BCUT2D eigenvalue weighted by Crippen LogP contribution is -2.36. The van der Waals surface area contributed by atoms with Crippen LogP contribution in [0.1, 0.15) is 18.5 Å². The minimum Gasteiger partial charge on any atom is -0.395 e. The molecule has 0 fully saturated rings. The summed E-state index contributed by atoms with van der Waals surface area (Å²) in [6, 6.07) is 3.36. The number of anilines is 1. The van der Waals surface area contributed by atoms with Gasteiger partial charge in [0.1, 0.15) is 11.9 Å². The summed E-state index contributed by atoms with van der Waals surface area (Å²) in [5, 5.41) is 14.5. The maximum absolute atomic E-state index is 13.1. The molecular weight excluding hydrogens is 211 g/mol. The van der Waals surface area contributed by atoms with Crippen LogP contribution in [0, 0.1) is 5.82 Å². The largest absolute Gasteiger partial charge is 0.395 e. The lowest BCUT2D eigenvalue weighted by Gasteiger charge is -2.16. The van der Waals surface area contributed by atoms with E-state index in [1.807, 2.05) is 0 Å². The van der Waals surface area contributed by atoms with E-state index in [9.17, 15) is 9.18 Å². The molecule has 2 unspecified atom stereocenters. The van der Waals surface area contributed by atoms with Crippen LogP contribution in [-0.4, -0.2) is 23.7 Å². The van der Waals surface area contributed by atoms with Gasteiger partial charge in [0.2, 0.25) is 5.91 Å². The highest BCUT2D eigenvalue weighted by Gasteiger charge is 2.31. The first-order valence-electron chi connectivity index (χ1n) is 5.09. The van der Waals surface area contributed by atoms with E-state index in [1.165, 1.54) is 18.2 Å². The van der Waals surface area contributed by atoms with Crippen molar-refractivity contribution in [3.8, 4) is 0 Å². The molecule has 0 saturated carbocycles. The fraction of sp³-hybridized carbons (Fsp3) is 0.364. The molecular formula is C11H13FN2O2. The average molecular weight is 224 g/mol. The molecule has 1 aromatic rings. The fourth-order valence-electron chi connectivity index (χ4n) is 1.74. The molecule has 5 heteroatoms. The molecule has 16 heavy (non-hydrogen) atoms. The molecule has 0 aromatic heterocycles. The summed E-state index contributed by atoms with van der Waals surface area (Å²) in [6.07, 6.45) is 0. The predicted molar refractivity (Wildman–Crippen MR) is 57.5 cm³/mol. The third-order valence-electron chi connectivity index (χ3n) is 2.57. The summed E-state index contributed by atoms with van der Waals surface area (Å²) < 4.78 is 13.1. The molecule has 0 aliphatic carbocycles. The molecule has 86 valence electrons. The monoisotopic (exact) mass is 224 g/mol. The van der Waals surface area contributed by atoms with E-state index < -0.39 is 6.04 Å². The summed E-state index contributed by atoms with van der Waals surface area (Å²) in [5.74, 6) is -0.598. The number of aliphatic hydroxyl groups excluding tert-OH is 1. The number of benzene rings is 1. The summed E-state index contributed by atoms with van der Waals surface area (Å²) >= 11 is 0. The van der Waals surface area contributed by atoms with Crippen molar-refractivity contribution in [3.05, 3.63) is 29.6 Å². The predicted octanol–water partition coefficient (Wildman–Crippen LogP) is 0.789. The van der Waals surface area contributed by atoms with Crippen LogP contribution in [-0.2, 0) is 4.79 Å². The van der Waals surface area contributed by atoms with Crippen LogP contribution < -0.4 is 10.6 Å². The number of aliphatic hydroxyl groups is 1. The maximum Gasteiger partial charge on any atom is 0.246 e. The van der Waals surface area contributed by atoms with Gasteiger partial charge in [0.15, 0.2) is 0 Å². The topological polar surface area (TPSA) is 61.4 Å². The lowest BCUT2D eigenvalue weighted by atomic mass is 10.1. The molecule has 0 bridgehead atoms. The Labute approximate surface area is 92.5 Å². The van der Waals surface area contributed by atoms with Crippen LogP contribution in [0.3, 0.4) is 0 Å². The van der Waals surface area contributed by atoms with Gasteiger partial charge < -0.3 is 10.4 Å². The number of carbonyl (C=O) groups excluding carboxylic acids is 1. The Morgan fingerprint density at radius 1 is 1.62 bits per heavy atom. The van der Waals surface area contributed by atoms with E-state index in [4.69, 9.17) is 5.11 Å². The summed E-state index contributed by atoms with van der Waals surface area (Å²) in [6.45, 7) is 1.68. The number of fused-ring (bicyclic) bond motifs is 1. The molecule has 4 nitrogen and oxygen atoms in total. The van der Waals surface area contributed by atoms with Gasteiger partial charge in [0, 0.05) is 17.3 Å². The second kappa shape index (κ2) is 4.19. The summed E-state index contributed by atoms with van der Waals surface area (Å²) in [5.41, 5.74) is 1.21. The number of rotatable bonds is 3. The van der Waals surface area contributed by atoms with Crippen molar-refractivity contribution in [3.63, 3.8) is 0 Å². The highest BCUT2D eigenvalue weighted by Crippen LogP contribution is 2.31. The van der Waals surface area contributed by atoms with Crippen LogP contribution >= 0.6 is 0 Å². The van der Waals surface area contributed by atoms with Gasteiger partial charge in [-0.1, -0.05) is 0 Å². The molecule has 1 aliphatic heterocycles. The third-order valence-corrected chi connectivity index (χ3v) is 2.57. The fourth-order valence-corrected chi connectivity index (χ4v) is 1.74. The number of halogens is 1. The van der Waals surface area contributed by atoms with Gasteiger partial charge in [0.25, 0.3) is 0 Å². The van der Waals surface area contributed by atoms with Crippen LogP contribution in [0.15, 0.2) is 18.2 Å². The van der Waals surface area contributed by atoms with Crippen molar-refractivity contribution in [1.82, 2.24) is 5.32 Å². The van der Waals surface area contributed by atoms with Crippen molar-refractivity contribution >= 4 is 11.6 Å². The smallest absolute Gasteiger partial charge is 0.246 e. The SMILES string of the molecule is CC(CO)NC1C(=O)Nc2ccc(F)cc21. The van der Waals surface area contributed by atoms with Crippen molar-refractivity contribution in [1.29, 1.82) is 0 Å². The summed E-state index contributed by atoms with van der Waals surface area (Å²) in [7, 11) is 0. The Kier molecular flexibility index (Phi) is 2.89. The van der Waals surface area contributed by atoms with Gasteiger partial charge in [-0.25, -0.2) is 4.39 Å². The van der Waals surface area contributed by atoms with Gasteiger partial charge in [-0.2, -0.15) is 0 Å². The zero-order valence-corrected chi connectivity index (χ0v) is 8.83. The van der Waals surface area contributed by atoms with E-state index in [0.29, 0.717) is 11.3 Å². The van der Waals surface area contributed by atoms with Crippen LogP contribution in [0.4, 0.5) is 10.1 Å². The molecule has 2 atom stereocenters. The molecule has 3 N–H and O–H groups in total. The van der Waals surface area contributed by atoms with Gasteiger partial charge in [-0.3, -0.25) is 10.1 Å². The highest BCUT2D eigenvalue weighted by molar-refractivity contribution is 6.02. The number of hydrogen-bond donors (Lipinski definition) is 3. The lowest BCUT2D eigenvalue weighted by molar-refractivity contribution is -0.117. The highest BCUT2D eigenvalue weighted by atomic mass is 19.1. The molecule has 2 rings (SSSR count). The van der Waals surface area contributed by atoms with Crippen LogP contribution in [0.5, 0.6) is 0 Å². The third kappa shape index (κ3) is 1.91. The molecule has 0 spiro atoms. The number of carbonyl (C=O) groups is 1. The Balaban J connectivity index is 2.28. The van der Waals surface area contributed by atoms with Crippen LogP contribution in [0.25, 0.3) is 0 Å². The molecule has 1 aliphatic rings. The van der Waals surface area contributed by atoms with E-state index in [-0.39, 0.29) is 24.4 Å². The second-order valence-electron chi connectivity index (χ2n) is 3.90. The minimum absolute atomic E-state index is 0.0750. The number of hydrogen-bond acceptors (Lipinski definition) is 3. The van der Waals surface area contributed by atoms with Crippen molar-refractivity contribution in [2.75, 3.05) is 11.9 Å². The first-order valence-corrected chi connectivity index (χ1v) is 5.09.